The second-order valence-electron chi connectivity index (χ2n) is 8.78. The first-order chi connectivity index (χ1) is 16.5. The number of carbonyl (C=O) groups excluding carboxylic acids is 3. The Hall–Kier alpha value is -2.25. The number of benzene rings is 1. The van der Waals surface area contributed by atoms with Gasteiger partial charge in [-0.2, -0.15) is 4.72 Å². The molecule has 2 aliphatic rings. The summed E-state index contributed by atoms with van der Waals surface area (Å²) in [7, 11) is -4.41. The number of hydrogen-bond donors (Lipinski definition) is 2. The normalized spacial score (nSPS) is 18.3. The van der Waals surface area contributed by atoms with Crippen LogP contribution in [-0.4, -0.2) is 94.0 Å². The number of amides is 3. The van der Waals surface area contributed by atoms with E-state index < -0.39 is 27.9 Å². The van der Waals surface area contributed by atoms with E-state index in [1.807, 2.05) is 13.8 Å². The predicted octanol–water partition coefficient (Wildman–Crippen LogP) is 0.168. The zero-order chi connectivity index (χ0) is 25.8. The van der Waals surface area contributed by atoms with Crippen LogP contribution in [0.2, 0.25) is 5.02 Å². The summed E-state index contributed by atoms with van der Waals surface area (Å²) in [6, 6.07) is 2.45. The molecule has 0 aromatic heterocycles. The van der Waals surface area contributed by atoms with Gasteiger partial charge in [0.25, 0.3) is 5.91 Å². The summed E-state index contributed by atoms with van der Waals surface area (Å²) >= 11 is 6.37. The number of carbonyl (C=O) groups is 3. The number of anilines is 1. The van der Waals surface area contributed by atoms with Crippen molar-refractivity contribution < 1.29 is 27.5 Å². The molecule has 2 aliphatic heterocycles. The highest BCUT2D eigenvalue weighted by Gasteiger charge is 2.36. The minimum Gasteiger partial charge on any atom is -0.377 e. The molecule has 3 N–H and O–H groups in total. The third-order valence-electron chi connectivity index (χ3n) is 5.94. The number of nitrogens with one attached hydrogen (secondary N) is 1. The maximum Gasteiger partial charge on any atom is 0.250 e. The fourth-order valence-electron chi connectivity index (χ4n) is 4.06. The number of hydrogen-bond acceptors (Lipinski definition) is 7. The molecule has 11 nitrogen and oxygen atoms in total. The third kappa shape index (κ3) is 6.70. The summed E-state index contributed by atoms with van der Waals surface area (Å²) in [6.45, 7) is 7.37. The lowest BCUT2D eigenvalue weighted by molar-refractivity contribution is -0.139. The molecule has 35 heavy (non-hydrogen) atoms. The molecule has 0 spiro atoms. The van der Waals surface area contributed by atoms with Gasteiger partial charge in [0.15, 0.2) is 6.04 Å². The number of nitrogens with zero attached hydrogens (tertiary/aromatic N) is 3. The van der Waals surface area contributed by atoms with Gasteiger partial charge in [0.1, 0.15) is 4.90 Å². The predicted molar refractivity (Wildman–Crippen MR) is 130 cm³/mol. The van der Waals surface area contributed by atoms with Gasteiger partial charge >= 0.3 is 0 Å². The Morgan fingerprint density at radius 1 is 1.17 bits per heavy atom. The number of primary amides is 1. The lowest BCUT2D eigenvalue weighted by Gasteiger charge is -2.36. The highest BCUT2D eigenvalue weighted by Crippen LogP contribution is 2.34. The van der Waals surface area contributed by atoms with Crippen LogP contribution >= 0.6 is 11.6 Å². The molecular formula is C22H32ClN5O6S. The lowest BCUT2D eigenvalue weighted by Crippen LogP contribution is -2.58. The molecule has 2 saturated heterocycles. The van der Waals surface area contributed by atoms with Crippen molar-refractivity contribution in [2.24, 2.45) is 5.73 Å². The molecular weight excluding hydrogens is 498 g/mol. The zero-order valence-corrected chi connectivity index (χ0v) is 21.5. The standard InChI is InChI=1S/C22H32ClN5O6S/c1-15(2)34-14-13-26-9-11-27(12-10-26)22(31)20(21(24)30)25-35(32,33)17-6-3-5-16(19(17)23)28-8-4-7-18(28)29/h3,5-6,15,20,25H,4,7-14H2,1-2H3,(H2,24,30)/t20-/m0/s1. The summed E-state index contributed by atoms with van der Waals surface area (Å²) in [5, 5.41) is -0.164. The van der Waals surface area contributed by atoms with E-state index >= 15 is 0 Å². The van der Waals surface area contributed by atoms with Crippen LogP contribution in [-0.2, 0) is 29.1 Å². The van der Waals surface area contributed by atoms with Crippen LogP contribution in [0.3, 0.4) is 0 Å². The van der Waals surface area contributed by atoms with Gasteiger partial charge in [0, 0.05) is 45.7 Å². The van der Waals surface area contributed by atoms with Crippen molar-refractivity contribution >= 4 is 45.0 Å². The smallest absolute Gasteiger partial charge is 0.250 e. The van der Waals surface area contributed by atoms with Gasteiger partial charge in [-0.05, 0) is 32.4 Å². The number of halogens is 1. The Balaban J connectivity index is 1.70. The van der Waals surface area contributed by atoms with Crippen LogP contribution in [0.4, 0.5) is 5.69 Å². The zero-order valence-electron chi connectivity index (χ0n) is 19.9. The quantitative estimate of drug-likeness (QED) is 0.411. The van der Waals surface area contributed by atoms with Gasteiger partial charge in [0.05, 0.1) is 23.4 Å². The van der Waals surface area contributed by atoms with Crippen LogP contribution in [0.25, 0.3) is 0 Å². The number of nitrogens with two attached hydrogens (primary N) is 1. The van der Waals surface area contributed by atoms with E-state index in [4.69, 9.17) is 22.1 Å². The summed E-state index contributed by atoms with van der Waals surface area (Å²) in [5.74, 6) is -2.00. The van der Waals surface area contributed by atoms with Gasteiger partial charge in [-0.1, -0.05) is 17.7 Å². The molecule has 3 rings (SSSR count). The van der Waals surface area contributed by atoms with Crippen molar-refractivity contribution in [1.29, 1.82) is 0 Å². The maximum atomic E-state index is 13.1. The Morgan fingerprint density at radius 2 is 1.86 bits per heavy atom. The molecule has 1 aromatic rings. The number of piperazine rings is 1. The topological polar surface area (TPSA) is 142 Å². The molecule has 13 heteroatoms. The van der Waals surface area contributed by atoms with Crippen molar-refractivity contribution in [2.45, 2.75) is 43.7 Å². The van der Waals surface area contributed by atoms with Crippen molar-refractivity contribution in [3.63, 3.8) is 0 Å². The van der Waals surface area contributed by atoms with E-state index in [0.29, 0.717) is 58.7 Å². The van der Waals surface area contributed by atoms with Crippen molar-refractivity contribution in [1.82, 2.24) is 14.5 Å². The monoisotopic (exact) mass is 529 g/mol. The lowest BCUT2D eigenvalue weighted by atomic mass is 10.2. The van der Waals surface area contributed by atoms with Gasteiger partial charge in [-0.3, -0.25) is 19.3 Å². The second kappa shape index (κ2) is 11.7. The Kier molecular flexibility index (Phi) is 9.11. The van der Waals surface area contributed by atoms with E-state index in [1.165, 1.54) is 21.9 Å². The Labute approximate surface area is 210 Å². The molecule has 1 atom stereocenters. The Morgan fingerprint density at radius 3 is 2.43 bits per heavy atom. The molecule has 2 fully saturated rings. The fourth-order valence-corrected chi connectivity index (χ4v) is 5.84. The first kappa shape index (κ1) is 27.3. The van der Waals surface area contributed by atoms with Crippen molar-refractivity contribution in [3.8, 4) is 0 Å². The summed E-state index contributed by atoms with van der Waals surface area (Å²) in [5.41, 5.74) is 5.67. The molecule has 0 bridgehead atoms. The molecule has 0 unspecified atom stereocenters. The van der Waals surface area contributed by atoms with E-state index in [2.05, 4.69) is 9.62 Å². The van der Waals surface area contributed by atoms with Crippen LogP contribution in [0.1, 0.15) is 26.7 Å². The van der Waals surface area contributed by atoms with E-state index in [9.17, 15) is 22.8 Å². The summed E-state index contributed by atoms with van der Waals surface area (Å²) in [4.78, 5) is 41.9. The largest absolute Gasteiger partial charge is 0.377 e. The van der Waals surface area contributed by atoms with Crippen LogP contribution in [0.15, 0.2) is 23.1 Å². The van der Waals surface area contributed by atoms with Gasteiger partial charge in [0.2, 0.25) is 21.8 Å². The molecule has 0 radical (unpaired) electrons. The minimum absolute atomic E-state index is 0.132. The Bertz CT molecular complexity index is 1060. The molecule has 194 valence electrons. The highest BCUT2D eigenvalue weighted by atomic mass is 35.5. The first-order valence-electron chi connectivity index (χ1n) is 11.5. The average molecular weight is 530 g/mol. The van der Waals surface area contributed by atoms with Gasteiger partial charge in [-0.15, -0.1) is 0 Å². The van der Waals surface area contributed by atoms with Gasteiger partial charge < -0.3 is 20.3 Å². The minimum atomic E-state index is -4.41. The third-order valence-corrected chi connectivity index (χ3v) is 7.92. The highest BCUT2D eigenvalue weighted by molar-refractivity contribution is 7.89. The van der Waals surface area contributed by atoms with Gasteiger partial charge in [-0.25, -0.2) is 8.42 Å². The average Bonchev–Trinajstić information content (AvgIpc) is 3.22. The molecule has 3 amide bonds. The van der Waals surface area contributed by atoms with Crippen molar-refractivity contribution in [2.75, 3.05) is 50.8 Å². The van der Waals surface area contributed by atoms with Crippen LogP contribution < -0.4 is 15.4 Å². The first-order valence-corrected chi connectivity index (χ1v) is 13.4. The number of ether oxygens (including phenoxy) is 1. The fraction of sp³-hybridized carbons (Fsp3) is 0.591. The number of sulfonamides is 1. The molecule has 0 saturated carbocycles. The second-order valence-corrected chi connectivity index (χ2v) is 10.8. The van der Waals surface area contributed by atoms with E-state index in [-0.39, 0.29) is 27.6 Å². The number of rotatable bonds is 10. The van der Waals surface area contributed by atoms with Crippen LogP contribution in [0, 0.1) is 0 Å². The van der Waals surface area contributed by atoms with Crippen molar-refractivity contribution in [3.05, 3.63) is 23.2 Å². The summed E-state index contributed by atoms with van der Waals surface area (Å²) in [6.07, 6.45) is 1.12. The SMILES string of the molecule is CC(C)OCCN1CCN(C(=O)[C@@H](NS(=O)(=O)c2cccc(N3CCCC3=O)c2Cl)C(N)=O)CC1. The van der Waals surface area contributed by atoms with E-state index in [0.717, 1.165) is 0 Å². The molecule has 1 aromatic carbocycles. The molecule has 2 heterocycles. The van der Waals surface area contributed by atoms with E-state index in [1.54, 1.807) is 6.07 Å². The van der Waals surface area contributed by atoms with Crippen LogP contribution in [0.5, 0.6) is 0 Å². The molecule has 0 aliphatic carbocycles. The summed E-state index contributed by atoms with van der Waals surface area (Å²) < 4.78 is 33.9. The maximum absolute atomic E-state index is 13.1.